The van der Waals surface area contributed by atoms with Crippen molar-refractivity contribution in [1.29, 1.82) is 0 Å². The Bertz CT molecular complexity index is 1310. The summed E-state index contributed by atoms with van der Waals surface area (Å²) in [5.41, 5.74) is 1.41. The summed E-state index contributed by atoms with van der Waals surface area (Å²) < 4.78 is 47.5. The van der Waals surface area contributed by atoms with Gasteiger partial charge in [0.05, 0.1) is 11.5 Å². The van der Waals surface area contributed by atoms with Crippen LogP contribution in [0.15, 0.2) is 71.6 Å². The normalized spacial score (nSPS) is 14.8. The minimum atomic E-state index is -3.79. The molecule has 1 fully saturated rings. The van der Waals surface area contributed by atoms with Gasteiger partial charge in [0.15, 0.2) is 0 Å². The van der Waals surface area contributed by atoms with Gasteiger partial charge >= 0.3 is 0 Å². The van der Waals surface area contributed by atoms with E-state index in [-0.39, 0.29) is 22.5 Å². The molecular weight excluding hydrogens is 517 g/mol. The molecular formula is C27H29ClFN3O4S. The molecule has 0 spiro atoms. The molecule has 1 aliphatic heterocycles. The lowest BCUT2D eigenvalue weighted by atomic mass is 9.95. The quantitative estimate of drug-likeness (QED) is 0.369. The van der Waals surface area contributed by atoms with E-state index in [1.54, 1.807) is 48.5 Å². The third-order valence-corrected chi connectivity index (χ3v) is 8.00. The van der Waals surface area contributed by atoms with Crippen molar-refractivity contribution in [1.82, 2.24) is 4.90 Å². The van der Waals surface area contributed by atoms with Gasteiger partial charge in [0.2, 0.25) is 5.91 Å². The number of likely N-dealkylation sites (tertiary alicyclic amines) is 1. The molecule has 1 saturated heterocycles. The van der Waals surface area contributed by atoms with Gasteiger partial charge in [-0.3, -0.25) is 14.4 Å². The molecule has 1 aliphatic rings. The van der Waals surface area contributed by atoms with Crippen LogP contribution in [0.25, 0.3) is 0 Å². The van der Waals surface area contributed by atoms with Crippen LogP contribution in [0.2, 0.25) is 5.02 Å². The molecule has 10 heteroatoms. The van der Waals surface area contributed by atoms with Gasteiger partial charge in [0.25, 0.3) is 10.0 Å². The molecule has 37 heavy (non-hydrogen) atoms. The van der Waals surface area contributed by atoms with Crippen LogP contribution in [0.4, 0.5) is 15.8 Å². The van der Waals surface area contributed by atoms with E-state index >= 15 is 0 Å². The number of sulfonamides is 1. The van der Waals surface area contributed by atoms with Crippen LogP contribution in [0.3, 0.4) is 0 Å². The maximum absolute atomic E-state index is 14.1. The van der Waals surface area contributed by atoms with Crippen molar-refractivity contribution in [3.8, 4) is 5.75 Å². The predicted octanol–water partition coefficient (Wildman–Crippen LogP) is 5.53. The summed E-state index contributed by atoms with van der Waals surface area (Å²) >= 11 is 6.14. The van der Waals surface area contributed by atoms with Gasteiger partial charge in [-0.2, -0.15) is 0 Å². The maximum Gasteiger partial charge on any atom is 0.261 e. The molecule has 4 rings (SSSR count). The van der Waals surface area contributed by atoms with Crippen LogP contribution < -0.4 is 14.8 Å². The highest BCUT2D eigenvalue weighted by atomic mass is 35.5. The number of halogens is 2. The summed E-state index contributed by atoms with van der Waals surface area (Å²) in [7, 11) is -3.79. The number of rotatable bonds is 9. The maximum atomic E-state index is 14.1. The molecule has 0 saturated carbocycles. The number of nitrogens with one attached hydrogen (secondary N) is 2. The van der Waals surface area contributed by atoms with Gasteiger partial charge in [-0.05, 0) is 93.5 Å². The minimum Gasteiger partial charge on any atom is -0.494 e. The summed E-state index contributed by atoms with van der Waals surface area (Å²) in [4.78, 5) is 15.0. The van der Waals surface area contributed by atoms with Gasteiger partial charge in [-0.15, -0.1) is 0 Å². The molecule has 196 valence electrons. The Labute approximate surface area is 221 Å². The Morgan fingerprint density at radius 1 is 1.03 bits per heavy atom. The van der Waals surface area contributed by atoms with Gasteiger partial charge in [0.1, 0.15) is 11.6 Å². The van der Waals surface area contributed by atoms with Gasteiger partial charge < -0.3 is 10.1 Å². The molecule has 2 N–H and O–H groups in total. The van der Waals surface area contributed by atoms with Crippen molar-refractivity contribution < 1.29 is 22.3 Å². The molecule has 3 aromatic rings. The van der Waals surface area contributed by atoms with Crippen molar-refractivity contribution in [2.75, 3.05) is 29.7 Å². The molecule has 0 unspecified atom stereocenters. The first-order valence-electron chi connectivity index (χ1n) is 12.1. The van der Waals surface area contributed by atoms with Crippen molar-refractivity contribution in [3.05, 3.63) is 83.1 Å². The first-order valence-corrected chi connectivity index (χ1v) is 13.9. The fourth-order valence-corrected chi connectivity index (χ4v) is 5.50. The van der Waals surface area contributed by atoms with Crippen LogP contribution in [0.1, 0.15) is 25.3 Å². The smallest absolute Gasteiger partial charge is 0.261 e. The number of anilines is 2. The summed E-state index contributed by atoms with van der Waals surface area (Å²) in [6, 6.07) is 17.3. The average molecular weight is 546 g/mol. The lowest BCUT2D eigenvalue weighted by molar-refractivity contribution is -0.121. The first-order chi connectivity index (χ1) is 17.7. The summed E-state index contributed by atoms with van der Waals surface area (Å²) in [5, 5.41) is 3.28. The second-order valence-electron chi connectivity index (χ2n) is 8.83. The van der Waals surface area contributed by atoms with Gasteiger partial charge in [-0.25, -0.2) is 12.8 Å². The summed E-state index contributed by atoms with van der Waals surface area (Å²) in [5.74, 6) is 0.0296. The van der Waals surface area contributed by atoms with E-state index in [0.29, 0.717) is 66.8 Å². The lowest BCUT2D eigenvalue weighted by Gasteiger charge is -2.31. The molecule has 1 amide bonds. The molecule has 7 nitrogen and oxygen atoms in total. The third kappa shape index (κ3) is 7.00. The predicted molar refractivity (Wildman–Crippen MR) is 143 cm³/mol. The zero-order valence-electron chi connectivity index (χ0n) is 20.4. The summed E-state index contributed by atoms with van der Waals surface area (Å²) in [6.45, 7) is 4.10. The number of benzene rings is 3. The Morgan fingerprint density at radius 3 is 2.30 bits per heavy atom. The van der Waals surface area contributed by atoms with E-state index < -0.39 is 10.0 Å². The highest BCUT2D eigenvalue weighted by Crippen LogP contribution is 2.26. The van der Waals surface area contributed by atoms with E-state index in [1.807, 2.05) is 6.92 Å². The number of ether oxygens (including phenoxy) is 1. The monoisotopic (exact) mass is 545 g/mol. The van der Waals surface area contributed by atoms with Crippen LogP contribution >= 0.6 is 11.6 Å². The third-order valence-electron chi connectivity index (χ3n) is 6.25. The SMILES string of the molecule is CCOc1ccc(NS(=O)(=O)c2ccc(NC(=O)C3CCN(Cc4c(F)cccc4Cl)CC3)cc2)cc1. The number of carbonyl (C=O) groups is 1. The second-order valence-corrected chi connectivity index (χ2v) is 10.9. The van der Waals surface area contributed by atoms with Crippen molar-refractivity contribution in [3.63, 3.8) is 0 Å². The Kier molecular flexibility index (Phi) is 8.68. The second kappa shape index (κ2) is 11.9. The van der Waals surface area contributed by atoms with Gasteiger partial charge in [-0.1, -0.05) is 17.7 Å². The average Bonchev–Trinajstić information content (AvgIpc) is 2.88. The zero-order valence-corrected chi connectivity index (χ0v) is 22.0. The topological polar surface area (TPSA) is 87.7 Å². The Morgan fingerprint density at radius 2 is 1.68 bits per heavy atom. The Balaban J connectivity index is 1.29. The van der Waals surface area contributed by atoms with Crippen LogP contribution in [0.5, 0.6) is 5.75 Å². The highest BCUT2D eigenvalue weighted by molar-refractivity contribution is 7.92. The molecule has 0 radical (unpaired) electrons. The number of carbonyl (C=O) groups excluding carboxylic acids is 1. The molecule has 3 aromatic carbocycles. The van der Waals surface area contributed by atoms with Crippen LogP contribution in [-0.4, -0.2) is 38.9 Å². The first kappa shape index (κ1) is 26.9. The number of piperidine rings is 1. The van der Waals surface area contributed by atoms with E-state index in [1.165, 1.54) is 18.2 Å². The largest absolute Gasteiger partial charge is 0.494 e. The van der Waals surface area contributed by atoms with E-state index in [4.69, 9.17) is 16.3 Å². The standard InChI is InChI=1S/C27H29ClFN3O4S/c1-2-36-22-10-6-21(7-11-22)31-37(34,35)23-12-8-20(9-13-23)30-27(33)19-14-16-32(17-15-19)18-24-25(28)4-3-5-26(24)29/h3-13,19,31H,2,14-18H2,1H3,(H,30,33). The molecule has 1 heterocycles. The minimum absolute atomic E-state index is 0.0829. The van der Waals surface area contributed by atoms with Crippen LogP contribution in [-0.2, 0) is 21.4 Å². The molecule has 0 aromatic heterocycles. The van der Waals surface area contributed by atoms with Crippen molar-refractivity contribution in [2.24, 2.45) is 5.92 Å². The van der Waals surface area contributed by atoms with Crippen LogP contribution in [0, 0.1) is 11.7 Å². The fourth-order valence-electron chi connectivity index (χ4n) is 4.22. The summed E-state index contributed by atoms with van der Waals surface area (Å²) in [6.07, 6.45) is 1.27. The van der Waals surface area contributed by atoms with Gasteiger partial charge in [0, 0.05) is 34.4 Å². The fraction of sp³-hybridized carbons (Fsp3) is 0.296. The number of hydrogen-bond donors (Lipinski definition) is 2. The zero-order chi connectivity index (χ0) is 26.4. The lowest BCUT2D eigenvalue weighted by Crippen LogP contribution is -2.38. The van der Waals surface area contributed by atoms with E-state index in [0.717, 1.165) is 0 Å². The Hall–Kier alpha value is -3.14. The molecule has 0 bridgehead atoms. The highest BCUT2D eigenvalue weighted by Gasteiger charge is 2.26. The number of nitrogens with zero attached hydrogens (tertiary/aromatic N) is 1. The van der Waals surface area contributed by atoms with E-state index in [2.05, 4.69) is 14.9 Å². The number of amides is 1. The number of hydrogen-bond acceptors (Lipinski definition) is 5. The van der Waals surface area contributed by atoms with E-state index in [9.17, 15) is 17.6 Å². The van der Waals surface area contributed by atoms with Crippen molar-refractivity contribution in [2.45, 2.75) is 31.2 Å². The molecule has 0 atom stereocenters. The molecule has 0 aliphatic carbocycles. The van der Waals surface area contributed by atoms with Crippen molar-refractivity contribution >= 4 is 38.9 Å².